The minimum absolute atomic E-state index is 0.0166. The molecular formula is C19H25N5O2. The van der Waals surface area contributed by atoms with Gasteiger partial charge in [-0.3, -0.25) is 4.79 Å². The van der Waals surface area contributed by atoms with Gasteiger partial charge in [0.1, 0.15) is 11.6 Å². The topological polar surface area (TPSA) is 83.1 Å². The number of morpholine rings is 1. The predicted molar refractivity (Wildman–Crippen MR) is 98.0 cm³/mol. The lowest BCUT2D eigenvalue weighted by Gasteiger charge is -2.27. The van der Waals surface area contributed by atoms with Crippen molar-refractivity contribution < 1.29 is 9.53 Å². The summed E-state index contributed by atoms with van der Waals surface area (Å²) in [5, 5.41) is 3.06. The maximum Gasteiger partial charge on any atom is 0.223 e. The number of hydrogen-bond donors (Lipinski definition) is 2. The number of amides is 1. The highest BCUT2D eigenvalue weighted by molar-refractivity contribution is 5.79. The molecule has 1 atom stereocenters. The van der Waals surface area contributed by atoms with E-state index < -0.39 is 0 Å². The molecule has 1 amide bonds. The molecule has 1 aliphatic carbocycles. The Morgan fingerprint density at radius 2 is 2.23 bits per heavy atom. The monoisotopic (exact) mass is 355 g/mol. The summed E-state index contributed by atoms with van der Waals surface area (Å²) < 4.78 is 5.37. The molecule has 7 heteroatoms. The zero-order valence-corrected chi connectivity index (χ0v) is 15.1. The Morgan fingerprint density at radius 3 is 3.00 bits per heavy atom. The van der Waals surface area contributed by atoms with Crippen LogP contribution in [0.4, 0.5) is 5.82 Å². The number of carbonyl (C=O) groups excluding carboxylic acids is 1. The molecule has 3 heterocycles. The number of carbonyl (C=O) groups is 1. The summed E-state index contributed by atoms with van der Waals surface area (Å²) in [6.07, 6.45) is 4.32. The number of ether oxygens (including phenoxy) is 1. The van der Waals surface area contributed by atoms with Crippen molar-refractivity contribution in [3.63, 3.8) is 0 Å². The van der Waals surface area contributed by atoms with E-state index in [2.05, 4.69) is 25.2 Å². The van der Waals surface area contributed by atoms with E-state index in [4.69, 9.17) is 4.74 Å². The van der Waals surface area contributed by atoms with Crippen LogP contribution in [0.25, 0.3) is 0 Å². The van der Waals surface area contributed by atoms with Gasteiger partial charge < -0.3 is 19.9 Å². The molecular weight excluding hydrogens is 330 g/mol. The molecule has 1 fully saturated rings. The molecule has 138 valence electrons. The minimum atomic E-state index is 0.0166. The Bertz CT molecular complexity index is 765. The maximum atomic E-state index is 12.5. The van der Waals surface area contributed by atoms with Gasteiger partial charge in [-0.2, -0.15) is 0 Å². The largest absolute Gasteiger partial charge is 0.378 e. The number of rotatable bonds is 4. The fourth-order valence-corrected chi connectivity index (χ4v) is 3.68. The van der Waals surface area contributed by atoms with E-state index in [1.807, 2.05) is 25.3 Å². The normalized spacial score (nSPS) is 19.9. The van der Waals surface area contributed by atoms with Crippen LogP contribution in [0, 0.1) is 12.8 Å². The summed E-state index contributed by atoms with van der Waals surface area (Å²) in [7, 11) is 0. The number of aromatic amines is 1. The van der Waals surface area contributed by atoms with Crippen LogP contribution >= 0.6 is 0 Å². The quantitative estimate of drug-likeness (QED) is 0.866. The number of nitrogens with zero attached hydrogens (tertiary/aromatic N) is 3. The van der Waals surface area contributed by atoms with Crippen molar-refractivity contribution in [1.29, 1.82) is 0 Å². The summed E-state index contributed by atoms with van der Waals surface area (Å²) in [5.74, 6) is 2.03. The fraction of sp³-hybridized carbons (Fsp3) is 0.526. The highest BCUT2D eigenvalue weighted by Gasteiger charge is 2.26. The molecule has 1 saturated heterocycles. The van der Waals surface area contributed by atoms with Gasteiger partial charge in [0.25, 0.3) is 0 Å². The standard InChI is InChI=1S/C19H25N5O2/c1-13-22-16-4-3-15(10-17(16)23-13)19(25)21-12-14-2-5-18(20-11-14)24-6-8-26-9-7-24/h2,5,11,15H,3-4,6-10,12H2,1H3,(H,21,25)(H,22,23)/t15-/m0/s1. The maximum absolute atomic E-state index is 12.5. The van der Waals surface area contributed by atoms with Crippen LogP contribution in [0.2, 0.25) is 0 Å². The number of imidazole rings is 1. The second-order valence-corrected chi connectivity index (χ2v) is 7.03. The smallest absolute Gasteiger partial charge is 0.223 e. The Hall–Kier alpha value is -2.41. The van der Waals surface area contributed by atoms with Gasteiger partial charge in [0.2, 0.25) is 5.91 Å². The molecule has 2 N–H and O–H groups in total. The van der Waals surface area contributed by atoms with Crippen LogP contribution in [0.3, 0.4) is 0 Å². The number of aromatic nitrogens is 3. The Labute approximate surface area is 153 Å². The van der Waals surface area contributed by atoms with Crippen LogP contribution in [0.5, 0.6) is 0 Å². The molecule has 1 aliphatic heterocycles. The van der Waals surface area contributed by atoms with E-state index in [-0.39, 0.29) is 11.8 Å². The number of nitrogens with one attached hydrogen (secondary N) is 2. The molecule has 0 unspecified atom stereocenters. The van der Waals surface area contributed by atoms with Crippen molar-refractivity contribution in [2.24, 2.45) is 5.92 Å². The Balaban J connectivity index is 1.30. The summed E-state index contributed by atoms with van der Waals surface area (Å²) in [6.45, 7) is 5.72. The van der Waals surface area contributed by atoms with Crippen molar-refractivity contribution in [1.82, 2.24) is 20.3 Å². The average molecular weight is 355 g/mol. The lowest BCUT2D eigenvalue weighted by Crippen LogP contribution is -2.36. The lowest BCUT2D eigenvalue weighted by molar-refractivity contribution is -0.125. The van der Waals surface area contributed by atoms with E-state index in [1.54, 1.807) is 0 Å². The number of aryl methyl sites for hydroxylation is 2. The molecule has 0 radical (unpaired) electrons. The van der Waals surface area contributed by atoms with Crippen molar-refractivity contribution in [3.8, 4) is 0 Å². The SMILES string of the molecule is Cc1nc2c([nH]1)C[C@@H](C(=O)NCc1ccc(N3CCOCC3)nc1)CC2. The zero-order chi connectivity index (χ0) is 17.9. The molecule has 2 aromatic rings. The van der Waals surface area contributed by atoms with E-state index in [1.165, 1.54) is 0 Å². The molecule has 2 aliphatic rings. The molecule has 7 nitrogen and oxygen atoms in total. The molecule has 26 heavy (non-hydrogen) atoms. The van der Waals surface area contributed by atoms with Crippen molar-refractivity contribution >= 4 is 11.7 Å². The summed E-state index contributed by atoms with van der Waals surface area (Å²) in [5.41, 5.74) is 3.25. The van der Waals surface area contributed by atoms with Crippen LogP contribution in [-0.4, -0.2) is 47.2 Å². The van der Waals surface area contributed by atoms with Gasteiger partial charge in [-0.1, -0.05) is 6.07 Å². The van der Waals surface area contributed by atoms with Gasteiger partial charge in [-0.05, 0) is 31.4 Å². The summed E-state index contributed by atoms with van der Waals surface area (Å²) in [6, 6.07) is 4.06. The van der Waals surface area contributed by atoms with Gasteiger partial charge >= 0.3 is 0 Å². The highest BCUT2D eigenvalue weighted by atomic mass is 16.5. The van der Waals surface area contributed by atoms with Crippen molar-refractivity contribution in [3.05, 3.63) is 41.1 Å². The molecule has 0 bridgehead atoms. The zero-order valence-electron chi connectivity index (χ0n) is 15.1. The van der Waals surface area contributed by atoms with Crippen LogP contribution in [0.15, 0.2) is 18.3 Å². The molecule has 2 aromatic heterocycles. The first-order chi connectivity index (χ1) is 12.7. The Kier molecular flexibility index (Phi) is 4.88. The molecule has 0 spiro atoms. The summed E-state index contributed by atoms with van der Waals surface area (Å²) >= 11 is 0. The first kappa shape index (κ1) is 17.0. The first-order valence-corrected chi connectivity index (χ1v) is 9.29. The second kappa shape index (κ2) is 7.45. The highest BCUT2D eigenvalue weighted by Crippen LogP contribution is 2.24. The van der Waals surface area contributed by atoms with Crippen LogP contribution < -0.4 is 10.2 Å². The van der Waals surface area contributed by atoms with Gasteiger partial charge in [-0.25, -0.2) is 9.97 Å². The molecule has 0 saturated carbocycles. The minimum Gasteiger partial charge on any atom is -0.378 e. The third-order valence-corrected chi connectivity index (χ3v) is 5.14. The summed E-state index contributed by atoms with van der Waals surface area (Å²) in [4.78, 5) is 27.0. The number of fused-ring (bicyclic) bond motifs is 1. The Morgan fingerprint density at radius 1 is 1.38 bits per heavy atom. The number of anilines is 1. The fourth-order valence-electron chi connectivity index (χ4n) is 3.68. The van der Waals surface area contributed by atoms with E-state index in [0.717, 1.165) is 74.2 Å². The van der Waals surface area contributed by atoms with Gasteiger partial charge in [0.15, 0.2) is 0 Å². The van der Waals surface area contributed by atoms with Crippen molar-refractivity contribution in [2.45, 2.75) is 32.7 Å². The first-order valence-electron chi connectivity index (χ1n) is 9.29. The van der Waals surface area contributed by atoms with E-state index >= 15 is 0 Å². The van der Waals surface area contributed by atoms with Gasteiger partial charge in [0.05, 0.1) is 18.9 Å². The number of pyridine rings is 1. The van der Waals surface area contributed by atoms with Gasteiger partial charge in [-0.15, -0.1) is 0 Å². The predicted octanol–water partition coefficient (Wildman–Crippen LogP) is 1.37. The van der Waals surface area contributed by atoms with Crippen molar-refractivity contribution in [2.75, 3.05) is 31.2 Å². The third-order valence-electron chi connectivity index (χ3n) is 5.14. The molecule has 0 aromatic carbocycles. The average Bonchev–Trinajstić information content (AvgIpc) is 3.06. The second-order valence-electron chi connectivity index (χ2n) is 7.03. The number of hydrogen-bond acceptors (Lipinski definition) is 5. The van der Waals surface area contributed by atoms with E-state index in [0.29, 0.717) is 6.54 Å². The lowest BCUT2D eigenvalue weighted by atomic mass is 9.89. The van der Waals surface area contributed by atoms with Crippen LogP contribution in [0.1, 0.15) is 29.2 Å². The molecule has 4 rings (SSSR count). The van der Waals surface area contributed by atoms with Crippen LogP contribution in [-0.2, 0) is 28.9 Å². The third kappa shape index (κ3) is 3.72. The van der Waals surface area contributed by atoms with E-state index in [9.17, 15) is 4.79 Å². The number of H-pyrrole nitrogens is 1. The van der Waals surface area contributed by atoms with Gasteiger partial charge in [0, 0.05) is 43.9 Å².